The van der Waals surface area contributed by atoms with Gasteiger partial charge in [-0.05, 0) is 36.8 Å². The van der Waals surface area contributed by atoms with Crippen LogP contribution in [0, 0.1) is 0 Å². The molecule has 0 saturated carbocycles. The van der Waals surface area contributed by atoms with Crippen LogP contribution in [-0.2, 0) is 11.3 Å². The fraction of sp³-hybridized carbons (Fsp3) is 0.267. The van der Waals surface area contributed by atoms with Crippen molar-refractivity contribution in [3.8, 4) is 0 Å². The number of aromatic nitrogens is 1. The van der Waals surface area contributed by atoms with Crippen molar-refractivity contribution in [2.45, 2.75) is 25.7 Å². The molecule has 0 fully saturated rings. The minimum absolute atomic E-state index is 0.109. The topological polar surface area (TPSA) is 48.1 Å². The summed E-state index contributed by atoms with van der Waals surface area (Å²) >= 11 is 3.45. The van der Waals surface area contributed by atoms with Crippen LogP contribution in [0.4, 0.5) is 0 Å². The first kappa shape index (κ1) is 14.2. The van der Waals surface area contributed by atoms with Gasteiger partial charge in [0.25, 0.3) is 0 Å². The Morgan fingerprint density at radius 3 is 2.74 bits per heavy atom. The second kappa shape index (κ2) is 6.80. The Hall–Kier alpha value is -1.23. The summed E-state index contributed by atoms with van der Waals surface area (Å²) in [6.45, 7) is 2.45. The molecule has 0 aliphatic heterocycles. The first-order chi connectivity index (χ1) is 9.16. The maximum Gasteiger partial charge on any atom is 0.115 e. The molecule has 0 aliphatic carbocycles. The molecule has 2 unspecified atom stereocenters. The van der Waals surface area contributed by atoms with Gasteiger partial charge in [0.1, 0.15) is 6.10 Å². The van der Waals surface area contributed by atoms with Crippen molar-refractivity contribution in [1.82, 2.24) is 4.98 Å². The highest BCUT2D eigenvalue weighted by Gasteiger charge is 2.18. The lowest BCUT2D eigenvalue weighted by atomic mass is 10.1. The van der Waals surface area contributed by atoms with Gasteiger partial charge in [-0.15, -0.1) is 0 Å². The Bertz CT molecular complexity index is 517. The standard InChI is InChI=1S/C15H17BrN2O/c1-11(17)15(14-7-2-3-8-18-14)19-10-12-5-4-6-13(16)9-12/h2-9,11,15H,10,17H2,1H3. The Morgan fingerprint density at radius 1 is 1.26 bits per heavy atom. The molecule has 2 N–H and O–H groups in total. The molecule has 2 atom stereocenters. The zero-order chi connectivity index (χ0) is 13.7. The van der Waals surface area contributed by atoms with Crippen LogP contribution in [0.15, 0.2) is 53.1 Å². The van der Waals surface area contributed by atoms with Crippen molar-refractivity contribution in [2.75, 3.05) is 0 Å². The summed E-state index contributed by atoms with van der Waals surface area (Å²) in [6, 6.07) is 13.7. The van der Waals surface area contributed by atoms with Gasteiger partial charge in [-0.3, -0.25) is 4.98 Å². The Morgan fingerprint density at radius 2 is 2.11 bits per heavy atom. The normalized spacial score (nSPS) is 14.1. The molecule has 0 radical (unpaired) electrons. The highest BCUT2D eigenvalue weighted by molar-refractivity contribution is 9.10. The Labute approximate surface area is 121 Å². The zero-order valence-electron chi connectivity index (χ0n) is 10.8. The summed E-state index contributed by atoms with van der Waals surface area (Å²) < 4.78 is 6.97. The van der Waals surface area contributed by atoms with Gasteiger partial charge in [-0.2, -0.15) is 0 Å². The molecule has 3 nitrogen and oxygen atoms in total. The SMILES string of the molecule is CC(N)C(OCc1cccc(Br)c1)c1ccccn1. The molecule has 0 saturated heterocycles. The molecule has 2 rings (SSSR count). The Balaban J connectivity index is 2.06. The van der Waals surface area contributed by atoms with Crippen LogP contribution < -0.4 is 5.73 Å². The van der Waals surface area contributed by atoms with Gasteiger partial charge in [0.15, 0.2) is 0 Å². The molecule has 0 aliphatic rings. The average molecular weight is 321 g/mol. The second-order valence-electron chi connectivity index (χ2n) is 4.48. The molecule has 1 aromatic heterocycles. The third-order valence-electron chi connectivity index (χ3n) is 2.78. The fourth-order valence-corrected chi connectivity index (χ4v) is 2.31. The molecular weight excluding hydrogens is 304 g/mol. The third-order valence-corrected chi connectivity index (χ3v) is 3.27. The maximum atomic E-state index is 5.99. The lowest BCUT2D eigenvalue weighted by molar-refractivity contribution is 0.0231. The summed E-state index contributed by atoms with van der Waals surface area (Å²) in [5.41, 5.74) is 7.96. The van der Waals surface area contributed by atoms with Crippen molar-refractivity contribution in [3.63, 3.8) is 0 Å². The van der Waals surface area contributed by atoms with E-state index in [2.05, 4.69) is 20.9 Å². The number of nitrogens with two attached hydrogens (primary N) is 1. The number of hydrogen-bond donors (Lipinski definition) is 1. The number of halogens is 1. The van der Waals surface area contributed by atoms with Crippen LogP contribution in [0.25, 0.3) is 0 Å². The van der Waals surface area contributed by atoms with E-state index in [0.717, 1.165) is 15.7 Å². The van der Waals surface area contributed by atoms with E-state index >= 15 is 0 Å². The number of benzene rings is 1. The van der Waals surface area contributed by atoms with E-state index < -0.39 is 0 Å². The summed E-state index contributed by atoms with van der Waals surface area (Å²) in [6.07, 6.45) is 1.56. The van der Waals surface area contributed by atoms with Crippen molar-refractivity contribution < 1.29 is 4.74 Å². The monoisotopic (exact) mass is 320 g/mol. The van der Waals surface area contributed by atoms with Crippen LogP contribution >= 0.6 is 15.9 Å². The van der Waals surface area contributed by atoms with Gasteiger partial charge < -0.3 is 10.5 Å². The number of nitrogens with zero attached hydrogens (tertiary/aromatic N) is 1. The first-order valence-electron chi connectivity index (χ1n) is 6.19. The summed E-state index contributed by atoms with van der Waals surface area (Å²) in [7, 11) is 0. The molecule has 4 heteroatoms. The van der Waals surface area contributed by atoms with E-state index in [0.29, 0.717) is 6.61 Å². The lowest BCUT2D eigenvalue weighted by Gasteiger charge is -2.21. The smallest absolute Gasteiger partial charge is 0.115 e. The quantitative estimate of drug-likeness (QED) is 0.917. The third kappa shape index (κ3) is 4.13. The molecule has 1 aromatic carbocycles. The largest absolute Gasteiger partial charge is 0.366 e. The molecule has 19 heavy (non-hydrogen) atoms. The van der Waals surface area contributed by atoms with Crippen molar-refractivity contribution >= 4 is 15.9 Å². The molecular formula is C15H17BrN2O. The minimum Gasteiger partial charge on any atom is -0.366 e. The van der Waals surface area contributed by atoms with Crippen LogP contribution in [0.3, 0.4) is 0 Å². The summed E-state index contributed by atoms with van der Waals surface area (Å²) in [5, 5.41) is 0. The molecule has 100 valence electrons. The highest BCUT2D eigenvalue weighted by atomic mass is 79.9. The number of rotatable bonds is 5. The second-order valence-corrected chi connectivity index (χ2v) is 5.39. The van der Waals surface area contributed by atoms with Crippen LogP contribution in [0.2, 0.25) is 0 Å². The molecule has 0 spiro atoms. The van der Waals surface area contributed by atoms with E-state index in [4.69, 9.17) is 10.5 Å². The van der Waals surface area contributed by atoms with Crippen molar-refractivity contribution in [2.24, 2.45) is 5.73 Å². The van der Waals surface area contributed by atoms with Gasteiger partial charge >= 0.3 is 0 Å². The summed E-state index contributed by atoms with van der Waals surface area (Å²) in [5.74, 6) is 0. The molecule has 1 heterocycles. The van der Waals surface area contributed by atoms with Crippen molar-refractivity contribution in [1.29, 1.82) is 0 Å². The van der Waals surface area contributed by atoms with E-state index in [-0.39, 0.29) is 12.1 Å². The maximum absolute atomic E-state index is 5.99. The minimum atomic E-state index is -0.194. The predicted molar refractivity (Wildman–Crippen MR) is 79.6 cm³/mol. The van der Waals surface area contributed by atoms with E-state index in [9.17, 15) is 0 Å². The summed E-state index contributed by atoms with van der Waals surface area (Å²) in [4.78, 5) is 4.32. The predicted octanol–water partition coefficient (Wildman–Crippen LogP) is 3.45. The number of ether oxygens (including phenoxy) is 1. The van der Waals surface area contributed by atoms with Gasteiger partial charge in [0, 0.05) is 16.7 Å². The van der Waals surface area contributed by atoms with E-state index in [1.54, 1.807) is 6.20 Å². The highest BCUT2D eigenvalue weighted by Crippen LogP contribution is 2.21. The van der Waals surface area contributed by atoms with Crippen LogP contribution in [-0.4, -0.2) is 11.0 Å². The van der Waals surface area contributed by atoms with E-state index in [1.807, 2.05) is 49.4 Å². The molecule has 0 bridgehead atoms. The van der Waals surface area contributed by atoms with Gasteiger partial charge in [-0.25, -0.2) is 0 Å². The fourth-order valence-electron chi connectivity index (χ4n) is 1.86. The van der Waals surface area contributed by atoms with Gasteiger partial charge in [-0.1, -0.05) is 34.1 Å². The first-order valence-corrected chi connectivity index (χ1v) is 6.98. The zero-order valence-corrected chi connectivity index (χ0v) is 12.4. The lowest BCUT2D eigenvalue weighted by Crippen LogP contribution is -2.27. The number of pyridine rings is 1. The van der Waals surface area contributed by atoms with E-state index in [1.165, 1.54) is 0 Å². The van der Waals surface area contributed by atoms with Crippen LogP contribution in [0.5, 0.6) is 0 Å². The number of hydrogen-bond acceptors (Lipinski definition) is 3. The van der Waals surface area contributed by atoms with Gasteiger partial charge in [0.2, 0.25) is 0 Å². The Kier molecular flexibility index (Phi) is 5.07. The molecule has 2 aromatic rings. The van der Waals surface area contributed by atoms with Crippen LogP contribution in [0.1, 0.15) is 24.3 Å². The van der Waals surface area contributed by atoms with Crippen molar-refractivity contribution in [3.05, 3.63) is 64.4 Å². The molecule has 0 amide bonds. The average Bonchev–Trinajstić information content (AvgIpc) is 2.40. The van der Waals surface area contributed by atoms with Gasteiger partial charge in [0.05, 0.1) is 12.3 Å².